The highest BCUT2D eigenvalue weighted by Crippen LogP contribution is 2.24. The van der Waals surface area contributed by atoms with Crippen molar-refractivity contribution in [2.75, 3.05) is 33.0 Å². The quantitative estimate of drug-likeness (QED) is 0.236. The molecule has 0 aliphatic carbocycles. The molecule has 12 heteroatoms. The number of rotatable bonds is 6. The van der Waals surface area contributed by atoms with Gasteiger partial charge in [0.25, 0.3) is 5.91 Å². The van der Waals surface area contributed by atoms with Crippen molar-refractivity contribution in [1.29, 1.82) is 5.41 Å². The van der Waals surface area contributed by atoms with Crippen molar-refractivity contribution in [1.82, 2.24) is 15.2 Å². The van der Waals surface area contributed by atoms with Crippen LogP contribution in [0, 0.1) is 5.41 Å². The molecule has 1 heterocycles. The Bertz CT molecular complexity index is 1200. The van der Waals surface area contributed by atoms with Gasteiger partial charge in [-0.05, 0) is 35.7 Å². The zero-order chi connectivity index (χ0) is 26.2. The van der Waals surface area contributed by atoms with E-state index in [1.807, 2.05) is 38.4 Å². The predicted molar refractivity (Wildman–Crippen MR) is 125 cm³/mol. The highest BCUT2D eigenvalue weighted by molar-refractivity contribution is 5.98. The lowest BCUT2D eigenvalue weighted by atomic mass is 10.1. The molecule has 3 rings (SSSR count). The number of aromatic nitrogens is 1. The molecule has 0 fully saturated rings. The number of nitrogens with zero attached hydrogens (tertiary/aromatic N) is 2. The minimum atomic E-state index is -5.08. The molecule has 2 aromatic carbocycles. The highest BCUT2D eigenvalue weighted by Gasteiger charge is 2.38. The maximum absolute atomic E-state index is 12.2. The van der Waals surface area contributed by atoms with E-state index < -0.39 is 12.1 Å². The monoisotopic (exact) mass is 491 g/mol. The molecule has 0 spiro atoms. The summed E-state index contributed by atoms with van der Waals surface area (Å²) in [5.41, 5.74) is 7.19. The summed E-state index contributed by atoms with van der Waals surface area (Å²) >= 11 is 0. The van der Waals surface area contributed by atoms with Gasteiger partial charge in [-0.25, -0.2) is 9.78 Å². The Morgan fingerprint density at radius 3 is 2.29 bits per heavy atom. The number of anilines is 1. The number of hydrogen-bond acceptors (Lipinski definition) is 6. The second-order valence-corrected chi connectivity index (χ2v) is 7.31. The van der Waals surface area contributed by atoms with Crippen molar-refractivity contribution >= 4 is 34.3 Å². The van der Waals surface area contributed by atoms with Crippen LogP contribution in [0.3, 0.4) is 0 Å². The van der Waals surface area contributed by atoms with Crippen LogP contribution in [-0.2, 0) is 4.79 Å². The number of carbonyl (C=O) groups is 2. The van der Waals surface area contributed by atoms with E-state index in [2.05, 4.69) is 10.3 Å². The predicted octanol–water partition coefficient (Wildman–Crippen LogP) is 3.15. The van der Waals surface area contributed by atoms with E-state index in [4.69, 9.17) is 25.8 Å². The number of benzene rings is 2. The summed E-state index contributed by atoms with van der Waals surface area (Å²) in [5, 5.41) is 19.7. The molecule has 35 heavy (non-hydrogen) atoms. The zero-order valence-electron chi connectivity index (χ0n) is 18.9. The lowest BCUT2D eigenvalue weighted by Crippen LogP contribution is -2.28. The van der Waals surface area contributed by atoms with Crippen molar-refractivity contribution in [3.05, 3.63) is 65.9 Å². The van der Waals surface area contributed by atoms with Gasteiger partial charge in [0.2, 0.25) is 0 Å². The van der Waals surface area contributed by atoms with Gasteiger partial charge < -0.3 is 25.8 Å². The van der Waals surface area contributed by atoms with Gasteiger partial charge in [-0.3, -0.25) is 10.2 Å². The van der Waals surface area contributed by atoms with Crippen molar-refractivity contribution in [2.24, 2.45) is 0 Å². The first-order chi connectivity index (χ1) is 16.4. The smallest absolute Gasteiger partial charge is 0.490 e. The van der Waals surface area contributed by atoms with Crippen LogP contribution < -0.4 is 15.8 Å². The van der Waals surface area contributed by atoms with Crippen LogP contribution in [0.15, 0.2) is 54.7 Å². The fourth-order valence-electron chi connectivity index (χ4n) is 2.73. The molecule has 0 saturated carbocycles. The van der Waals surface area contributed by atoms with Gasteiger partial charge in [0.1, 0.15) is 24.0 Å². The summed E-state index contributed by atoms with van der Waals surface area (Å²) in [6, 6.07) is 14.5. The maximum Gasteiger partial charge on any atom is 0.490 e. The van der Waals surface area contributed by atoms with E-state index in [-0.39, 0.29) is 5.91 Å². The summed E-state index contributed by atoms with van der Waals surface area (Å²) in [7, 11) is 3.62. The Kier molecular flexibility index (Phi) is 8.98. The maximum atomic E-state index is 12.2. The second kappa shape index (κ2) is 11.7. The number of ether oxygens (including phenoxy) is 1. The number of amidine groups is 1. The molecule has 0 radical (unpaired) electrons. The average Bonchev–Trinajstić information content (AvgIpc) is 2.81. The molecular weight excluding hydrogens is 467 g/mol. The largest absolute Gasteiger partial charge is 0.492 e. The molecule has 1 aromatic heterocycles. The van der Waals surface area contributed by atoms with Crippen LogP contribution in [0.1, 0.15) is 15.9 Å². The average molecular weight is 491 g/mol. The minimum Gasteiger partial charge on any atom is -0.492 e. The number of carbonyl (C=O) groups excluding carboxylic acids is 1. The molecule has 5 N–H and O–H groups in total. The summed E-state index contributed by atoms with van der Waals surface area (Å²) in [6.45, 7) is 0.704. The summed E-state index contributed by atoms with van der Waals surface area (Å²) in [4.78, 5) is 26.9. The fraction of sp³-hybridized carbons (Fsp3) is 0.217. The number of pyridine rings is 1. The highest BCUT2D eigenvalue weighted by atomic mass is 19.4. The first-order valence-electron chi connectivity index (χ1n) is 10.1. The Morgan fingerprint density at radius 2 is 1.71 bits per heavy atom. The van der Waals surface area contributed by atoms with Gasteiger partial charge in [-0.2, -0.15) is 13.2 Å². The van der Waals surface area contributed by atoms with Crippen LogP contribution in [0.25, 0.3) is 10.8 Å². The lowest BCUT2D eigenvalue weighted by molar-refractivity contribution is -0.192. The van der Waals surface area contributed by atoms with Crippen LogP contribution in [-0.4, -0.2) is 66.1 Å². The number of aliphatic carboxylic acids is 1. The summed E-state index contributed by atoms with van der Waals surface area (Å²) in [5.74, 6) is -1.41. The van der Waals surface area contributed by atoms with Crippen molar-refractivity contribution < 1.29 is 32.6 Å². The molecule has 0 atom stereocenters. The third kappa shape index (κ3) is 7.88. The minimum absolute atomic E-state index is 0.182. The summed E-state index contributed by atoms with van der Waals surface area (Å²) in [6.07, 6.45) is -3.41. The Balaban J connectivity index is 0.000000540. The van der Waals surface area contributed by atoms with E-state index in [0.29, 0.717) is 36.1 Å². The molecular formula is C23H24F3N5O4. The number of carboxylic acid groups (broad SMARTS) is 1. The van der Waals surface area contributed by atoms with Crippen molar-refractivity contribution in [2.45, 2.75) is 6.18 Å². The van der Waals surface area contributed by atoms with Crippen LogP contribution in [0.4, 0.5) is 19.0 Å². The normalized spacial score (nSPS) is 10.7. The van der Waals surface area contributed by atoms with Crippen molar-refractivity contribution in [3.8, 4) is 5.75 Å². The molecule has 0 unspecified atom stereocenters. The van der Waals surface area contributed by atoms with E-state index >= 15 is 0 Å². The molecule has 0 aliphatic rings. The van der Waals surface area contributed by atoms with E-state index in [9.17, 15) is 18.0 Å². The van der Waals surface area contributed by atoms with Gasteiger partial charge in [0.05, 0.1) is 6.54 Å². The second-order valence-electron chi connectivity index (χ2n) is 7.31. The van der Waals surface area contributed by atoms with Crippen molar-refractivity contribution in [3.63, 3.8) is 0 Å². The molecule has 0 aliphatic heterocycles. The number of nitrogens with one attached hydrogen (secondary N) is 2. The number of alkyl halides is 3. The van der Waals surface area contributed by atoms with Gasteiger partial charge in [-0.1, -0.05) is 18.2 Å². The number of fused-ring (bicyclic) bond motifs is 1. The third-order valence-corrected chi connectivity index (χ3v) is 4.54. The van der Waals surface area contributed by atoms with E-state index in [0.717, 1.165) is 16.3 Å². The first-order valence-corrected chi connectivity index (χ1v) is 10.1. The number of hydrogen-bond donors (Lipinski definition) is 4. The molecule has 1 amide bonds. The molecule has 0 bridgehead atoms. The number of halogens is 3. The molecule has 9 nitrogen and oxygen atoms in total. The Labute approximate surface area is 198 Å². The molecule has 186 valence electrons. The van der Waals surface area contributed by atoms with Crippen LogP contribution in [0.5, 0.6) is 5.75 Å². The number of carboxylic acids is 1. The van der Waals surface area contributed by atoms with Gasteiger partial charge >= 0.3 is 12.1 Å². The van der Waals surface area contributed by atoms with Crippen LogP contribution in [0.2, 0.25) is 0 Å². The van der Waals surface area contributed by atoms with Gasteiger partial charge in [0.15, 0.2) is 0 Å². The number of amides is 1. The number of nitrogens with two attached hydrogens (primary N) is 1. The van der Waals surface area contributed by atoms with Crippen LogP contribution >= 0.6 is 0 Å². The zero-order valence-corrected chi connectivity index (χ0v) is 18.9. The SMILES string of the molecule is CN(C)C(=N)c1ccc(C(=O)NCCOc2ccc3ccnc(N)c3c2)cc1.O=C(O)C(F)(F)F. The first kappa shape index (κ1) is 26.9. The topological polar surface area (TPSA) is 142 Å². The Morgan fingerprint density at radius 1 is 1.11 bits per heavy atom. The van der Waals surface area contributed by atoms with Gasteiger partial charge in [0, 0.05) is 36.8 Å². The standard InChI is InChI=1S/C21H23N5O2.C2HF3O2/c1-26(2)20(23)15-3-5-16(6-4-15)21(27)25-11-12-28-17-8-7-14-9-10-24-19(22)18(14)13-17;3-2(4,5)1(6)7/h3-10,13,23H,11-12H2,1-2H3,(H2,22,24)(H,25,27);(H,6,7). The Hall–Kier alpha value is -4.35. The van der Waals surface area contributed by atoms with E-state index in [1.54, 1.807) is 35.4 Å². The lowest BCUT2D eigenvalue weighted by Gasteiger charge is -2.14. The molecule has 3 aromatic rings. The fourth-order valence-corrected chi connectivity index (χ4v) is 2.73. The van der Waals surface area contributed by atoms with E-state index in [1.165, 1.54) is 0 Å². The number of nitrogen functional groups attached to an aromatic ring is 1. The third-order valence-electron chi connectivity index (χ3n) is 4.54. The molecule has 0 saturated heterocycles. The van der Waals surface area contributed by atoms with Gasteiger partial charge in [-0.15, -0.1) is 0 Å². The summed E-state index contributed by atoms with van der Waals surface area (Å²) < 4.78 is 37.4.